The lowest BCUT2D eigenvalue weighted by atomic mass is 9.73. The maximum absolute atomic E-state index is 4.41. The van der Waals surface area contributed by atoms with Crippen LogP contribution in [0.25, 0.3) is 0 Å². The fraction of sp³-hybridized carbons (Fsp3) is 0.786. The molecule has 0 radical (unpaired) electrons. The summed E-state index contributed by atoms with van der Waals surface area (Å²) in [5, 5.41) is 4.99. The molecule has 0 aliphatic heterocycles. The number of nitrogens with one attached hydrogen (secondary N) is 1. The van der Waals surface area contributed by atoms with Gasteiger partial charge in [0, 0.05) is 23.7 Å². The van der Waals surface area contributed by atoms with Gasteiger partial charge in [0.1, 0.15) is 0 Å². The molecule has 1 unspecified atom stereocenters. The normalized spacial score (nSPS) is 23.8. The van der Waals surface area contributed by atoms with Crippen molar-refractivity contribution in [3.8, 4) is 0 Å². The lowest BCUT2D eigenvalue weighted by Gasteiger charge is -2.39. The first kappa shape index (κ1) is 13.0. The minimum Gasteiger partial charge on any atom is -0.309 e. The third-order valence-electron chi connectivity index (χ3n) is 3.93. The molecule has 1 saturated carbocycles. The summed E-state index contributed by atoms with van der Waals surface area (Å²) in [7, 11) is 0. The van der Waals surface area contributed by atoms with Gasteiger partial charge in [0.05, 0.1) is 5.01 Å². The highest BCUT2D eigenvalue weighted by atomic mass is 32.1. The standard InChI is InChI=1S/C14H24N2S/c1-4-13-16-10-11(17-13)9-15-12-7-5-6-8-14(12,2)3/h10,12,15H,4-9H2,1-3H3. The predicted molar refractivity (Wildman–Crippen MR) is 74.4 cm³/mol. The van der Waals surface area contributed by atoms with Crippen molar-refractivity contribution in [1.29, 1.82) is 0 Å². The average molecular weight is 252 g/mol. The Morgan fingerprint density at radius 1 is 1.47 bits per heavy atom. The number of hydrogen-bond acceptors (Lipinski definition) is 3. The van der Waals surface area contributed by atoms with Gasteiger partial charge < -0.3 is 5.32 Å². The van der Waals surface area contributed by atoms with Crippen molar-refractivity contribution >= 4 is 11.3 Å². The monoisotopic (exact) mass is 252 g/mol. The minimum atomic E-state index is 0.455. The molecule has 1 aromatic rings. The molecule has 2 rings (SSSR count). The first-order valence-electron chi connectivity index (χ1n) is 6.79. The molecule has 0 bridgehead atoms. The van der Waals surface area contributed by atoms with E-state index in [1.807, 2.05) is 17.5 Å². The second-order valence-electron chi connectivity index (χ2n) is 5.74. The van der Waals surface area contributed by atoms with Crippen LogP contribution in [0.5, 0.6) is 0 Å². The first-order chi connectivity index (χ1) is 8.12. The Bertz CT molecular complexity index is 357. The largest absolute Gasteiger partial charge is 0.309 e. The molecule has 1 aliphatic carbocycles. The van der Waals surface area contributed by atoms with Gasteiger partial charge in [0.15, 0.2) is 0 Å². The predicted octanol–water partition coefficient (Wildman–Crippen LogP) is 3.76. The lowest BCUT2D eigenvalue weighted by Crippen LogP contribution is -2.43. The van der Waals surface area contributed by atoms with Gasteiger partial charge in [0.2, 0.25) is 0 Å². The Kier molecular flexibility index (Phi) is 4.21. The van der Waals surface area contributed by atoms with Crippen LogP contribution in [-0.4, -0.2) is 11.0 Å². The summed E-state index contributed by atoms with van der Waals surface area (Å²) in [6.45, 7) is 7.95. The van der Waals surface area contributed by atoms with Crippen molar-refractivity contribution in [3.05, 3.63) is 16.1 Å². The fourth-order valence-corrected chi connectivity index (χ4v) is 3.50. The van der Waals surface area contributed by atoms with Gasteiger partial charge in [-0.1, -0.05) is 33.6 Å². The van der Waals surface area contributed by atoms with Crippen molar-refractivity contribution < 1.29 is 0 Å². The van der Waals surface area contributed by atoms with E-state index < -0.39 is 0 Å². The van der Waals surface area contributed by atoms with Crippen LogP contribution in [0.2, 0.25) is 0 Å². The van der Waals surface area contributed by atoms with Crippen LogP contribution in [0.15, 0.2) is 6.20 Å². The number of hydrogen-bond donors (Lipinski definition) is 1. The quantitative estimate of drug-likeness (QED) is 0.882. The van der Waals surface area contributed by atoms with Gasteiger partial charge in [0.25, 0.3) is 0 Å². The number of thiazole rings is 1. The molecule has 1 aromatic heterocycles. The SMILES string of the molecule is CCc1ncc(CNC2CCCCC2(C)C)s1. The zero-order valence-corrected chi connectivity index (χ0v) is 12.1. The smallest absolute Gasteiger partial charge is 0.0925 e. The Morgan fingerprint density at radius 2 is 2.29 bits per heavy atom. The van der Waals surface area contributed by atoms with Crippen LogP contribution in [0.4, 0.5) is 0 Å². The third-order valence-corrected chi connectivity index (χ3v) is 5.08. The molecule has 17 heavy (non-hydrogen) atoms. The van der Waals surface area contributed by atoms with Crippen molar-refractivity contribution in [3.63, 3.8) is 0 Å². The van der Waals surface area contributed by atoms with E-state index in [1.165, 1.54) is 35.6 Å². The van der Waals surface area contributed by atoms with E-state index in [0.717, 1.165) is 13.0 Å². The van der Waals surface area contributed by atoms with Gasteiger partial charge in [-0.2, -0.15) is 0 Å². The number of aryl methyl sites for hydroxylation is 1. The van der Waals surface area contributed by atoms with E-state index >= 15 is 0 Å². The highest BCUT2D eigenvalue weighted by Gasteiger charge is 2.31. The Labute approximate surface area is 109 Å². The average Bonchev–Trinajstić information content (AvgIpc) is 2.75. The first-order valence-corrected chi connectivity index (χ1v) is 7.60. The van der Waals surface area contributed by atoms with E-state index in [1.54, 1.807) is 0 Å². The summed E-state index contributed by atoms with van der Waals surface area (Å²) in [4.78, 5) is 5.79. The van der Waals surface area contributed by atoms with E-state index in [0.29, 0.717) is 11.5 Å². The molecule has 1 aliphatic rings. The van der Waals surface area contributed by atoms with Gasteiger partial charge in [-0.05, 0) is 24.7 Å². The fourth-order valence-electron chi connectivity index (χ4n) is 2.69. The molecule has 0 saturated heterocycles. The van der Waals surface area contributed by atoms with Crippen LogP contribution in [0, 0.1) is 5.41 Å². The van der Waals surface area contributed by atoms with E-state index in [2.05, 4.69) is 31.1 Å². The van der Waals surface area contributed by atoms with Gasteiger partial charge in [-0.25, -0.2) is 4.98 Å². The van der Waals surface area contributed by atoms with Crippen LogP contribution >= 0.6 is 11.3 Å². The number of nitrogens with zero attached hydrogens (tertiary/aromatic N) is 1. The van der Waals surface area contributed by atoms with Crippen LogP contribution in [0.3, 0.4) is 0 Å². The topological polar surface area (TPSA) is 24.9 Å². The molecule has 0 aromatic carbocycles. The van der Waals surface area contributed by atoms with Crippen molar-refractivity contribution in [2.24, 2.45) is 5.41 Å². The molecule has 0 amide bonds. The Morgan fingerprint density at radius 3 is 2.94 bits per heavy atom. The van der Waals surface area contributed by atoms with Gasteiger partial charge >= 0.3 is 0 Å². The van der Waals surface area contributed by atoms with Crippen molar-refractivity contribution in [2.45, 2.75) is 65.5 Å². The zero-order chi connectivity index (χ0) is 12.3. The van der Waals surface area contributed by atoms with Gasteiger partial charge in [-0.15, -0.1) is 11.3 Å². The minimum absolute atomic E-state index is 0.455. The molecule has 1 heterocycles. The van der Waals surface area contributed by atoms with Crippen molar-refractivity contribution in [2.75, 3.05) is 0 Å². The third kappa shape index (κ3) is 3.29. The van der Waals surface area contributed by atoms with Crippen LogP contribution in [0.1, 0.15) is 56.3 Å². The Hall–Kier alpha value is -0.410. The molecule has 2 nitrogen and oxygen atoms in total. The number of rotatable bonds is 4. The summed E-state index contributed by atoms with van der Waals surface area (Å²) in [5.41, 5.74) is 0.455. The summed E-state index contributed by atoms with van der Waals surface area (Å²) in [6, 6.07) is 0.670. The van der Waals surface area contributed by atoms with E-state index in [4.69, 9.17) is 0 Å². The van der Waals surface area contributed by atoms with Gasteiger partial charge in [-0.3, -0.25) is 0 Å². The highest BCUT2D eigenvalue weighted by molar-refractivity contribution is 7.11. The van der Waals surface area contributed by atoms with Crippen molar-refractivity contribution in [1.82, 2.24) is 10.3 Å². The molecule has 1 atom stereocenters. The zero-order valence-electron chi connectivity index (χ0n) is 11.3. The maximum atomic E-state index is 4.41. The summed E-state index contributed by atoms with van der Waals surface area (Å²) < 4.78 is 0. The molecule has 1 fully saturated rings. The highest BCUT2D eigenvalue weighted by Crippen LogP contribution is 2.35. The summed E-state index contributed by atoms with van der Waals surface area (Å²) in [5.74, 6) is 0. The van der Waals surface area contributed by atoms with Crippen LogP contribution < -0.4 is 5.32 Å². The second kappa shape index (κ2) is 5.49. The van der Waals surface area contributed by atoms with E-state index in [-0.39, 0.29) is 0 Å². The molecule has 3 heteroatoms. The lowest BCUT2D eigenvalue weighted by molar-refractivity contribution is 0.167. The molecular weight excluding hydrogens is 228 g/mol. The molecule has 96 valence electrons. The Balaban J connectivity index is 1.88. The summed E-state index contributed by atoms with van der Waals surface area (Å²) >= 11 is 1.85. The van der Waals surface area contributed by atoms with Crippen LogP contribution in [-0.2, 0) is 13.0 Å². The van der Waals surface area contributed by atoms with E-state index in [9.17, 15) is 0 Å². The maximum Gasteiger partial charge on any atom is 0.0925 e. The summed E-state index contributed by atoms with van der Waals surface area (Å²) in [6.07, 6.45) is 8.54. The second-order valence-corrected chi connectivity index (χ2v) is 6.94. The molecular formula is C14H24N2S. The molecule has 0 spiro atoms. The number of aromatic nitrogens is 1. The molecule has 1 N–H and O–H groups in total.